The van der Waals surface area contributed by atoms with Crippen LogP contribution in [0.3, 0.4) is 0 Å². The summed E-state index contributed by atoms with van der Waals surface area (Å²) in [5.41, 5.74) is 2.51. The number of nitrogens with one attached hydrogen (secondary N) is 1. The maximum Gasteiger partial charge on any atom is 0.151 e. The quantitative estimate of drug-likeness (QED) is 0.899. The highest BCUT2D eigenvalue weighted by Crippen LogP contribution is 2.28. The van der Waals surface area contributed by atoms with Crippen molar-refractivity contribution in [3.63, 3.8) is 0 Å². The van der Waals surface area contributed by atoms with Gasteiger partial charge < -0.3 is 10.1 Å². The molecule has 0 spiro atoms. The second-order valence-electron chi connectivity index (χ2n) is 3.31. The fourth-order valence-corrected chi connectivity index (χ4v) is 2.07. The molecule has 0 fully saturated rings. The third-order valence-electron chi connectivity index (χ3n) is 2.27. The summed E-state index contributed by atoms with van der Waals surface area (Å²) in [4.78, 5) is 4.86. The Morgan fingerprint density at radius 3 is 2.94 bits per heavy atom. The monoisotopic (exact) mass is 245 g/mol. The maximum absolute atomic E-state index is 9.15. The van der Waals surface area contributed by atoms with Crippen LogP contribution in [-0.2, 0) is 0 Å². The predicted octanol–water partition coefficient (Wildman–Crippen LogP) is 2.83. The second kappa shape index (κ2) is 5.32. The fraction of sp³-hybridized carbons (Fsp3) is 0.167. The fourth-order valence-electron chi connectivity index (χ4n) is 1.45. The number of para-hydroxylation sites is 2. The number of aromatic nitrogens is 1. The van der Waals surface area contributed by atoms with Gasteiger partial charge >= 0.3 is 0 Å². The molecule has 86 valence electrons. The SMILES string of the molecule is COc1ccccc1NC(C#N)c1cncs1. The Balaban J connectivity index is 2.22. The van der Waals surface area contributed by atoms with Crippen LogP contribution >= 0.6 is 11.3 Å². The summed E-state index contributed by atoms with van der Waals surface area (Å²) in [7, 11) is 1.61. The van der Waals surface area contributed by atoms with Crippen molar-refractivity contribution < 1.29 is 4.74 Å². The molecule has 1 aromatic heterocycles. The zero-order valence-electron chi connectivity index (χ0n) is 9.25. The molecule has 1 aromatic carbocycles. The number of hydrogen-bond acceptors (Lipinski definition) is 5. The number of benzene rings is 1. The van der Waals surface area contributed by atoms with Crippen molar-refractivity contribution in [2.45, 2.75) is 6.04 Å². The van der Waals surface area contributed by atoms with Gasteiger partial charge in [0.25, 0.3) is 0 Å². The number of anilines is 1. The zero-order valence-corrected chi connectivity index (χ0v) is 10.1. The molecule has 2 aromatic rings. The first-order valence-corrected chi connectivity index (χ1v) is 5.90. The van der Waals surface area contributed by atoms with Gasteiger partial charge in [-0.05, 0) is 12.1 Å². The Hall–Kier alpha value is -2.06. The second-order valence-corrected chi connectivity index (χ2v) is 4.23. The molecule has 4 nitrogen and oxygen atoms in total. The van der Waals surface area contributed by atoms with Gasteiger partial charge in [0.05, 0.1) is 29.3 Å². The van der Waals surface area contributed by atoms with E-state index in [1.165, 1.54) is 11.3 Å². The number of ether oxygens (including phenoxy) is 1. The molecule has 17 heavy (non-hydrogen) atoms. The van der Waals surface area contributed by atoms with Crippen LogP contribution in [0.2, 0.25) is 0 Å². The first-order valence-electron chi connectivity index (χ1n) is 5.02. The summed E-state index contributed by atoms with van der Waals surface area (Å²) in [5, 5.41) is 12.3. The Labute approximate surface area is 103 Å². The van der Waals surface area contributed by atoms with Crippen LogP contribution in [0.4, 0.5) is 5.69 Å². The molecule has 0 aliphatic rings. The highest BCUT2D eigenvalue weighted by Gasteiger charge is 2.13. The summed E-state index contributed by atoms with van der Waals surface area (Å²) in [6, 6.07) is 9.32. The molecule has 1 heterocycles. The van der Waals surface area contributed by atoms with E-state index in [2.05, 4.69) is 16.4 Å². The number of nitrogens with zero attached hydrogens (tertiary/aromatic N) is 2. The minimum atomic E-state index is -0.404. The summed E-state index contributed by atoms with van der Waals surface area (Å²) in [6.07, 6.45) is 1.70. The van der Waals surface area contributed by atoms with Crippen molar-refractivity contribution in [2.75, 3.05) is 12.4 Å². The summed E-state index contributed by atoms with van der Waals surface area (Å²) >= 11 is 1.45. The number of thiazole rings is 1. The zero-order chi connectivity index (χ0) is 12.1. The van der Waals surface area contributed by atoms with Gasteiger partial charge in [0, 0.05) is 6.20 Å². The van der Waals surface area contributed by atoms with E-state index in [9.17, 15) is 0 Å². The van der Waals surface area contributed by atoms with Crippen LogP contribution in [0.15, 0.2) is 36.0 Å². The topological polar surface area (TPSA) is 57.9 Å². The van der Waals surface area contributed by atoms with Crippen molar-refractivity contribution in [1.29, 1.82) is 5.26 Å². The van der Waals surface area contributed by atoms with Gasteiger partial charge in [-0.25, -0.2) is 0 Å². The summed E-state index contributed by atoms with van der Waals surface area (Å²) in [6.45, 7) is 0. The number of methoxy groups -OCH3 is 1. The highest BCUT2D eigenvalue weighted by atomic mass is 32.1. The molecule has 2 rings (SSSR count). The molecule has 0 saturated heterocycles. The first-order chi connectivity index (χ1) is 8.35. The lowest BCUT2D eigenvalue weighted by Gasteiger charge is -2.13. The Morgan fingerprint density at radius 2 is 2.29 bits per heavy atom. The van der Waals surface area contributed by atoms with Crippen molar-refractivity contribution in [2.24, 2.45) is 0 Å². The van der Waals surface area contributed by atoms with E-state index >= 15 is 0 Å². The van der Waals surface area contributed by atoms with Crippen LogP contribution < -0.4 is 10.1 Å². The van der Waals surface area contributed by atoms with E-state index < -0.39 is 6.04 Å². The van der Waals surface area contributed by atoms with Gasteiger partial charge in [-0.1, -0.05) is 12.1 Å². The van der Waals surface area contributed by atoms with Crippen LogP contribution in [0.5, 0.6) is 5.75 Å². The van der Waals surface area contributed by atoms with Crippen molar-refractivity contribution >= 4 is 17.0 Å². The predicted molar refractivity (Wildman–Crippen MR) is 67.1 cm³/mol. The lowest BCUT2D eigenvalue weighted by Crippen LogP contribution is -2.07. The van der Waals surface area contributed by atoms with Crippen LogP contribution in [0.1, 0.15) is 10.9 Å². The molecule has 5 heteroatoms. The van der Waals surface area contributed by atoms with E-state index in [-0.39, 0.29) is 0 Å². The van der Waals surface area contributed by atoms with Gasteiger partial charge in [-0.3, -0.25) is 4.98 Å². The first kappa shape index (κ1) is 11.4. The lowest BCUT2D eigenvalue weighted by atomic mass is 10.2. The molecule has 0 amide bonds. The Bertz CT molecular complexity index is 519. The number of nitriles is 1. The van der Waals surface area contributed by atoms with Gasteiger partial charge in [0.1, 0.15) is 5.75 Å². The molecule has 0 radical (unpaired) electrons. The minimum absolute atomic E-state index is 0.404. The number of rotatable bonds is 4. The van der Waals surface area contributed by atoms with E-state index in [4.69, 9.17) is 10.00 Å². The van der Waals surface area contributed by atoms with Crippen LogP contribution in [-0.4, -0.2) is 12.1 Å². The summed E-state index contributed by atoms with van der Waals surface area (Å²) < 4.78 is 5.22. The maximum atomic E-state index is 9.15. The Kier molecular flexibility index (Phi) is 3.58. The molecular formula is C12H11N3OS. The van der Waals surface area contributed by atoms with Gasteiger partial charge in [0.15, 0.2) is 6.04 Å². The Morgan fingerprint density at radius 1 is 1.47 bits per heavy atom. The minimum Gasteiger partial charge on any atom is -0.495 e. The van der Waals surface area contributed by atoms with Gasteiger partial charge in [-0.2, -0.15) is 5.26 Å². The van der Waals surface area contributed by atoms with Crippen molar-refractivity contribution in [3.8, 4) is 11.8 Å². The third kappa shape index (κ3) is 2.55. The molecule has 0 aliphatic carbocycles. The van der Waals surface area contributed by atoms with E-state index in [1.807, 2.05) is 24.3 Å². The van der Waals surface area contributed by atoms with E-state index in [0.29, 0.717) is 0 Å². The van der Waals surface area contributed by atoms with Gasteiger partial charge in [-0.15, -0.1) is 11.3 Å². The molecule has 0 saturated carbocycles. The molecule has 0 aliphatic heterocycles. The largest absolute Gasteiger partial charge is 0.495 e. The lowest BCUT2D eigenvalue weighted by molar-refractivity contribution is 0.416. The van der Waals surface area contributed by atoms with Crippen LogP contribution in [0.25, 0.3) is 0 Å². The average Bonchev–Trinajstić information content (AvgIpc) is 2.90. The molecule has 0 bridgehead atoms. The van der Waals surface area contributed by atoms with Gasteiger partial charge in [0.2, 0.25) is 0 Å². The molecule has 1 unspecified atom stereocenters. The number of hydrogen-bond donors (Lipinski definition) is 1. The van der Waals surface area contributed by atoms with Crippen molar-refractivity contribution in [1.82, 2.24) is 4.98 Å². The highest BCUT2D eigenvalue weighted by molar-refractivity contribution is 7.09. The van der Waals surface area contributed by atoms with Crippen molar-refractivity contribution in [3.05, 3.63) is 40.8 Å². The smallest absolute Gasteiger partial charge is 0.151 e. The van der Waals surface area contributed by atoms with E-state index in [0.717, 1.165) is 16.3 Å². The summed E-state index contributed by atoms with van der Waals surface area (Å²) in [5.74, 6) is 0.720. The molecular weight excluding hydrogens is 234 g/mol. The normalized spacial score (nSPS) is 11.5. The standard InChI is InChI=1S/C12H11N3OS/c1-16-11-5-3-2-4-9(11)15-10(6-13)12-7-14-8-17-12/h2-5,7-8,10,15H,1H3. The molecule has 1 atom stereocenters. The third-order valence-corrected chi connectivity index (χ3v) is 3.11. The average molecular weight is 245 g/mol. The van der Waals surface area contributed by atoms with Crippen LogP contribution in [0, 0.1) is 11.3 Å². The van der Waals surface area contributed by atoms with E-state index in [1.54, 1.807) is 18.8 Å². The molecule has 1 N–H and O–H groups in total.